The van der Waals surface area contributed by atoms with Crippen LogP contribution in [0, 0.1) is 5.92 Å². The van der Waals surface area contributed by atoms with Gasteiger partial charge < -0.3 is 24.6 Å². The van der Waals surface area contributed by atoms with Crippen molar-refractivity contribution in [3.8, 4) is 11.5 Å². The number of unbranched alkanes of at least 4 members (excludes halogenated alkanes) is 1. The zero-order valence-corrected chi connectivity index (χ0v) is 23.6. The fourth-order valence-corrected chi connectivity index (χ4v) is 6.25. The molecule has 3 amide bonds. The highest BCUT2D eigenvalue weighted by molar-refractivity contribution is 6.01. The number of pyridine rings is 1. The minimum atomic E-state index is -1.04. The fraction of sp³-hybridized carbons (Fsp3) is 0.500. The molecule has 2 aromatic rings. The first-order valence-electron chi connectivity index (χ1n) is 14.4. The van der Waals surface area contributed by atoms with Crippen LogP contribution in [0.5, 0.6) is 11.5 Å². The van der Waals surface area contributed by atoms with E-state index in [0.29, 0.717) is 34.9 Å². The molecule has 2 fully saturated rings. The molecule has 1 aromatic heterocycles. The number of amides is 3. The summed E-state index contributed by atoms with van der Waals surface area (Å²) in [6, 6.07) is 6.41. The van der Waals surface area contributed by atoms with Gasteiger partial charge in [0.2, 0.25) is 24.5 Å². The molecular weight excluding hydrogens is 544 g/mol. The minimum Gasteiger partial charge on any atom is -0.481 e. The number of nitrogens with zero attached hydrogens (tertiary/aromatic N) is 4. The van der Waals surface area contributed by atoms with Gasteiger partial charge in [-0.05, 0) is 42.7 Å². The van der Waals surface area contributed by atoms with E-state index < -0.39 is 23.8 Å². The van der Waals surface area contributed by atoms with Gasteiger partial charge in [-0.2, -0.15) is 0 Å². The molecule has 224 valence electrons. The van der Waals surface area contributed by atoms with Gasteiger partial charge in [-0.25, -0.2) is 0 Å². The van der Waals surface area contributed by atoms with E-state index in [1.807, 2.05) is 17.9 Å². The van der Waals surface area contributed by atoms with E-state index in [1.54, 1.807) is 35.5 Å². The Kier molecular flexibility index (Phi) is 9.03. The number of carboxylic acids is 1. The quantitative estimate of drug-likeness (QED) is 0.358. The summed E-state index contributed by atoms with van der Waals surface area (Å²) < 4.78 is 11.1. The van der Waals surface area contributed by atoms with Gasteiger partial charge in [0.15, 0.2) is 11.5 Å². The maximum atomic E-state index is 13.8. The Balaban J connectivity index is 1.47. The van der Waals surface area contributed by atoms with Crippen LogP contribution in [0.1, 0.15) is 56.1 Å². The second-order valence-corrected chi connectivity index (χ2v) is 10.9. The third-order valence-electron chi connectivity index (χ3n) is 8.34. The van der Waals surface area contributed by atoms with E-state index in [9.17, 15) is 29.4 Å². The van der Waals surface area contributed by atoms with E-state index in [4.69, 9.17) is 9.47 Å². The predicted molar refractivity (Wildman–Crippen MR) is 150 cm³/mol. The number of carboxylic acid groups (broad SMARTS) is 1. The SMILES string of the molecule is CCCCN(C(=O)CN1C[C@H](c2cc(CO)c3c(c2)OCO3)[C@@H](C(=O)O)[C@@H]1CCN1C(=O)CCC1=O)c1cccnc1. The number of hydrogen-bond acceptors (Lipinski definition) is 9. The highest BCUT2D eigenvalue weighted by Gasteiger charge is 2.48. The number of carbonyl (C=O) groups excluding carboxylic acids is 3. The average molecular weight is 581 g/mol. The van der Waals surface area contributed by atoms with Crippen molar-refractivity contribution >= 4 is 29.4 Å². The molecule has 0 aliphatic carbocycles. The molecule has 3 aliphatic heterocycles. The molecule has 0 spiro atoms. The molecule has 0 bridgehead atoms. The molecule has 3 aliphatic rings. The third kappa shape index (κ3) is 5.95. The minimum absolute atomic E-state index is 0.00188. The number of likely N-dealkylation sites (tertiary alicyclic amines) is 2. The molecule has 12 heteroatoms. The zero-order chi connectivity index (χ0) is 29.8. The number of aliphatic carboxylic acids is 1. The standard InChI is InChI=1S/C30H36N4O8/c1-2-3-10-33(21-5-4-9-31-14-21)27(38)16-32-15-22(19-12-20(17-35)29-24(13-19)41-18-42-29)28(30(39)40)23(32)8-11-34-25(36)6-7-26(34)37/h4-5,9,12-14,22-23,28,35H,2-3,6-8,10-11,15-18H2,1H3,(H,39,40)/t22-,23+,28-/m1/s1. The maximum absolute atomic E-state index is 13.8. The Bertz CT molecular complexity index is 1320. The first kappa shape index (κ1) is 29.5. The number of anilines is 1. The first-order chi connectivity index (χ1) is 20.3. The molecular formula is C30H36N4O8. The Labute approximate surface area is 243 Å². The normalized spacial score (nSPS) is 21.8. The molecule has 5 rings (SSSR count). The summed E-state index contributed by atoms with van der Waals surface area (Å²) in [5, 5.41) is 20.5. The second-order valence-electron chi connectivity index (χ2n) is 10.9. The topological polar surface area (TPSA) is 150 Å². The number of benzene rings is 1. The van der Waals surface area contributed by atoms with Crippen molar-refractivity contribution in [1.29, 1.82) is 0 Å². The van der Waals surface area contributed by atoms with E-state index in [0.717, 1.165) is 12.8 Å². The molecule has 0 radical (unpaired) electrons. The van der Waals surface area contributed by atoms with Gasteiger partial charge in [-0.3, -0.25) is 34.0 Å². The highest BCUT2D eigenvalue weighted by atomic mass is 16.7. The van der Waals surface area contributed by atoms with Gasteiger partial charge in [0.25, 0.3) is 0 Å². The second kappa shape index (κ2) is 12.9. The lowest BCUT2D eigenvalue weighted by atomic mass is 9.83. The van der Waals surface area contributed by atoms with Crippen LogP contribution < -0.4 is 14.4 Å². The van der Waals surface area contributed by atoms with Crippen LogP contribution in [0.25, 0.3) is 0 Å². The largest absolute Gasteiger partial charge is 0.481 e. The van der Waals surface area contributed by atoms with Crippen LogP contribution in [0.2, 0.25) is 0 Å². The van der Waals surface area contributed by atoms with Crippen molar-refractivity contribution in [3.63, 3.8) is 0 Å². The van der Waals surface area contributed by atoms with Crippen molar-refractivity contribution in [2.75, 3.05) is 37.9 Å². The summed E-state index contributed by atoms with van der Waals surface area (Å²) >= 11 is 0. The molecule has 3 atom stereocenters. The number of aliphatic hydroxyl groups excluding tert-OH is 1. The van der Waals surface area contributed by atoms with Crippen LogP contribution in [0.15, 0.2) is 36.7 Å². The van der Waals surface area contributed by atoms with E-state index >= 15 is 0 Å². The molecule has 42 heavy (non-hydrogen) atoms. The first-order valence-corrected chi connectivity index (χ1v) is 14.4. The third-order valence-corrected chi connectivity index (χ3v) is 8.34. The van der Waals surface area contributed by atoms with E-state index in [1.165, 1.54) is 4.90 Å². The van der Waals surface area contributed by atoms with Gasteiger partial charge in [0.05, 0.1) is 31.0 Å². The Morgan fingerprint density at radius 2 is 1.95 bits per heavy atom. The molecule has 0 unspecified atom stereocenters. The summed E-state index contributed by atoms with van der Waals surface area (Å²) in [5.41, 5.74) is 1.81. The van der Waals surface area contributed by atoms with Crippen molar-refractivity contribution in [3.05, 3.63) is 47.8 Å². The fourth-order valence-electron chi connectivity index (χ4n) is 6.25. The van der Waals surface area contributed by atoms with Crippen molar-refractivity contribution in [2.45, 2.75) is 57.6 Å². The summed E-state index contributed by atoms with van der Waals surface area (Å²) in [4.78, 5) is 60.2. The lowest BCUT2D eigenvalue weighted by Gasteiger charge is -2.30. The van der Waals surface area contributed by atoms with E-state index in [2.05, 4.69) is 4.98 Å². The molecule has 4 heterocycles. The summed E-state index contributed by atoms with van der Waals surface area (Å²) in [7, 11) is 0. The van der Waals surface area contributed by atoms with Crippen LogP contribution >= 0.6 is 0 Å². The van der Waals surface area contributed by atoms with Gasteiger partial charge >= 0.3 is 5.97 Å². The predicted octanol–water partition coefficient (Wildman–Crippen LogP) is 2.14. The zero-order valence-electron chi connectivity index (χ0n) is 23.6. The monoisotopic (exact) mass is 580 g/mol. The van der Waals surface area contributed by atoms with Crippen LogP contribution in [0.4, 0.5) is 5.69 Å². The molecule has 1 aromatic carbocycles. The van der Waals surface area contributed by atoms with Crippen molar-refractivity contribution in [2.24, 2.45) is 5.92 Å². The van der Waals surface area contributed by atoms with Gasteiger partial charge in [0.1, 0.15) is 0 Å². The van der Waals surface area contributed by atoms with Crippen LogP contribution in [-0.2, 0) is 25.8 Å². The number of aromatic nitrogens is 1. The number of carbonyl (C=O) groups is 4. The Morgan fingerprint density at radius 3 is 2.62 bits per heavy atom. The van der Waals surface area contributed by atoms with Crippen LogP contribution in [0.3, 0.4) is 0 Å². The molecule has 0 saturated carbocycles. The lowest BCUT2D eigenvalue weighted by molar-refractivity contribution is -0.143. The van der Waals surface area contributed by atoms with Gasteiger partial charge in [0, 0.05) is 56.2 Å². The molecule has 12 nitrogen and oxygen atoms in total. The number of ether oxygens (including phenoxy) is 2. The summed E-state index contributed by atoms with van der Waals surface area (Å²) in [5.74, 6) is -2.40. The Hall–Kier alpha value is -4.03. The smallest absolute Gasteiger partial charge is 0.308 e. The molecule has 2 saturated heterocycles. The number of aliphatic hydroxyl groups is 1. The highest BCUT2D eigenvalue weighted by Crippen LogP contribution is 2.44. The van der Waals surface area contributed by atoms with Crippen molar-refractivity contribution < 1.29 is 38.9 Å². The number of rotatable bonds is 12. The number of hydrogen-bond donors (Lipinski definition) is 2. The summed E-state index contributed by atoms with van der Waals surface area (Å²) in [6.07, 6.45) is 5.44. The maximum Gasteiger partial charge on any atom is 0.308 e. The van der Waals surface area contributed by atoms with Crippen LogP contribution in [-0.4, -0.2) is 87.7 Å². The lowest BCUT2D eigenvalue weighted by Crippen LogP contribution is -2.46. The summed E-state index contributed by atoms with van der Waals surface area (Å²) in [6.45, 7) is 2.49. The Morgan fingerprint density at radius 1 is 1.17 bits per heavy atom. The molecule has 2 N–H and O–H groups in total. The van der Waals surface area contributed by atoms with E-state index in [-0.39, 0.29) is 70.0 Å². The van der Waals surface area contributed by atoms with Gasteiger partial charge in [-0.15, -0.1) is 0 Å². The average Bonchev–Trinajstić information content (AvgIpc) is 3.69. The van der Waals surface area contributed by atoms with Crippen molar-refractivity contribution in [1.82, 2.24) is 14.8 Å². The number of fused-ring (bicyclic) bond motifs is 1. The van der Waals surface area contributed by atoms with Gasteiger partial charge in [-0.1, -0.05) is 13.3 Å². The number of imide groups is 1.